The third-order valence-corrected chi connectivity index (χ3v) is 2.71. The number of ether oxygens (including phenoxy) is 1. The first kappa shape index (κ1) is 11.5. The molecule has 2 N–H and O–H groups in total. The molecule has 3 nitrogen and oxygen atoms in total. The lowest BCUT2D eigenvalue weighted by molar-refractivity contribution is 0.300. The first-order valence-corrected chi connectivity index (χ1v) is 5.57. The van der Waals surface area contributed by atoms with E-state index in [1.165, 1.54) is 0 Å². The van der Waals surface area contributed by atoms with Crippen LogP contribution in [0, 0.1) is 13.8 Å². The Kier molecular flexibility index (Phi) is 3.28. The summed E-state index contributed by atoms with van der Waals surface area (Å²) in [4.78, 5) is 4.29. The molecular weight excluding hydrogens is 212 g/mol. The number of hydrogen-bond acceptors (Lipinski definition) is 3. The van der Waals surface area contributed by atoms with Gasteiger partial charge in [0.25, 0.3) is 0 Å². The van der Waals surface area contributed by atoms with Crippen LogP contribution in [-0.4, -0.2) is 4.98 Å². The van der Waals surface area contributed by atoms with Gasteiger partial charge < -0.3 is 10.5 Å². The standard InChI is InChI=1S/C14H16N2O/c1-10-6-4-8-16-13(10)9-17-14-11(2)5-3-7-12(14)15/h3-8H,9,15H2,1-2H3. The van der Waals surface area contributed by atoms with Crippen LogP contribution in [0.25, 0.3) is 0 Å². The van der Waals surface area contributed by atoms with Gasteiger partial charge in [0.2, 0.25) is 0 Å². The van der Waals surface area contributed by atoms with Gasteiger partial charge in [-0.25, -0.2) is 0 Å². The molecule has 0 fully saturated rings. The molecule has 0 aliphatic rings. The number of nitrogens with two attached hydrogens (primary N) is 1. The highest BCUT2D eigenvalue weighted by Gasteiger charge is 2.05. The molecule has 0 saturated heterocycles. The van der Waals surface area contributed by atoms with Crippen LogP contribution in [0.2, 0.25) is 0 Å². The minimum absolute atomic E-state index is 0.446. The molecule has 1 heterocycles. The van der Waals surface area contributed by atoms with Crippen molar-refractivity contribution in [2.75, 3.05) is 5.73 Å². The van der Waals surface area contributed by atoms with Crippen molar-refractivity contribution in [2.24, 2.45) is 0 Å². The van der Waals surface area contributed by atoms with E-state index in [1.54, 1.807) is 6.20 Å². The molecule has 0 saturated carbocycles. The SMILES string of the molecule is Cc1cccnc1COc1c(C)cccc1N. The van der Waals surface area contributed by atoms with E-state index < -0.39 is 0 Å². The Morgan fingerprint density at radius 1 is 1.12 bits per heavy atom. The smallest absolute Gasteiger partial charge is 0.145 e. The molecule has 0 atom stereocenters. The lowest BCUT2D eigenvalue weighted by Crippen LogP contribution is -2.03. The fourth-order valence-electron chi connectivity index (χ4n) is 1.68. The molecule has 2 rings (SSSR count). The number of pyridine rings is 1. The van der Waals surface area contributed by atoms with Gasteiger partial charge in [-0.05, 0) is 37.1 Å². The van der Waals surface area contributed by atoms with Gasteiger partial charge in [-0.15, -0.1) is 0 Å². The molecule has 1 aromatic heterocycles. The number of rotatable bonds is 3. The summed E-state index contributed by atoms with van der Waals surface area (Å²) in [6.45, 7) is 4.45. The second-order valence-electron chi connectivity index (χ2n) is 4.05. The van der Waals surface area contributed by atoms with Gasteiger partial charge in [-0.2, -0.15) is 0 Å². The average molecular weight is 228 g/mol. The van der Waals surface area contributed by atoms with E-state index in [0.717, 1.165) is 22.6 Å². The van der Waals surface area contributed by atoms with Crippen molar-refractivity contribution in [3.63, 3.8) is 0 Å². The predicted molar refractivity (Wildman–Crippen MR) is 68.9 cm³/mol. The van der Waals surface area contributed by atoms with E-state index in [1.807, 2.05) is 44.2 Å². The summed E-state index contributed by atoms with van der Waals surface area (Å²) in [6.07, 6.45) is 1.77. The summed E-state index contributed by atoms with van der Waals surface area (Å²) in [5.74, 6) is 0.748. The van der Waals surface area contributed by atoms with Crippen molar-refractivity contribution in [3.8, 4) is 5.75 Å². The van der Waals surface area contributed by atoms with E-state index in [2.05, 4.69) is 4.98 Å². The minimum atomic E-state index is 0.446. The second kappa shape index (κ2) is 4.87. The molecular formula is C14H16N2O. The Balaban J connectivity index is 2.16. The highest BCUT2D eigenvalue weighted by atomic mass is 16.5. The van der Waals surface area contributed by atoms with Crippen LogP contribution in [0.3, 0.4) is 0 Å². The van der Waals surface area contributed by atoms with Crippen LogP contribution in [0.4, 0.5) is 5.69 Å². The fraction of sp³-hybridized carbons (Fsp3) is 0.214. The summed E-state index contributed by atoms with van der Waals surface area (Å²) in [5.41, 5.74) is 9.65. The molecule has 0 radical (unpaired) electrons. The molecule has 2 aromatic rings. The maximum Gasteiger partial charge on any atom is 0.145 e. The summed E-state index contributed by atoms with van der Waals surface area (Å²) >= 11 is 0. The Hall–Kier alpha value is -2.03. The average Bonchev–Trinajstić information content (AvgIpc) is 2.30. The number of aryl methyl sites for hydroxylation is 2. The largest absolute Gasteiger partial charge is 0.485 e. The van der Waals surface area contributed by atoms with Gasteiger partial charge in [0.15, 0.2) is 0 Å². The summed E-state index contributed by atoms with van der Waals surface area (Å²) in [6, 6.07) is 9.68. The van der Waals surface area contributed by atoms with Crippen molar-refractivity contribution < 1.29 is 4.74 Å². The molecule has 0 bridgehead atoms. The Morgan fingerprint density at radius 2 is 1.88 bits per heavy atom. The van der Waals surface area contributed by atoms with E-state index in [9.17, 15) is 0 Å². The summed E-state index contributed by atoms with van der Waals surface area (Å²) < 4.78 is 5.75. The zero-order valence-electron chi connectivity index (χ0n) is 10.1. The first-order chi connectivity index (χ1) is 8.18. The predicted octanol–water partition coefficient (Wildman–Crippen LogP) is 2.86. The molecule has 0 unspecified atom stereocenters. The van der Waals surface area contributed by atoms with E-state index >= 15 is 0 Å². The maximum atomic E-state index is 5.88. The molecule has 17 heavy (non-hydrogen) atoms. The molecule has 3 heteroatoms. The van der Waals surface area contributed by atoms with Crippen molar-refractivity contribution in [1.82, 2.24) is 4.98 Å². The lowest BCUT2D eigenvalue weighted by atomic mass is 10.2. The number of aromatic nitrogens is 1. The van der Waals surface area contributed by atoms with Crippen LogP contribution in [0.5, 0.6) is 5.75 Å². The van der Waals surface area contributed by atoms with Gasteiger partial charge in [-0.1, -0.05) is 18.2 Å². The van der Waals surface area contributed by atoms with Gasteiger partial charge >= 0.3 is 0 Å². The fourth-order valence-corrected chi connectivity index (χ4v) is 1.68. The third-order valence-electron chi connectivity index (χ3n) is 2.71. The molecule has 0 aliphatic heterocycles. The number of benzene rings is 1. The monoisotopic (exact) mass is 228 g/mol. The number of nitrogen functional groups attached to an aromatic ring is 1. The van der Waals surface area contributed by atoms with Crippen molar-refractivity contribution in [1.29, 1.82) is 0 Å². The zero-order chi connectivity index (χ0) is 12.3. The number of anilines is 1. The number of para-hydroxylation sites is 1. The van der Waals surface area contributed by atoms with Gasteiger partial charge in [-0.3, -0.25) is 4.98 Å². The maximum absolute atomic E-state index is 5.88. The molecule has 1 aromatic carbocycles. The van der Waals surface area contributed by atoms with Crippen LogP contribution in [0.15, 0.2) is 36.5 Å². The zero-order valence-corrected chi connectivity index (χ0v) is 10.1. The van der Waals surface area contributed by atoms with E-state index in [0.29, 0.717) is 12.3 Å². The molecule has 0 amide bonds. The highest BCUT2D eigenvalue weighted by molar-refractivity contribution is 5.56. The summed E-state index contributed by atoms with van der Waals surface area (Å²) in [7, 11) is 0. The van der Waals surface area contributed by atoms with Gasteiger partial charge in [0, 0.05) is 6.20 Å². The second-order valence-corrected chi connectivity index (χ2v) is 4.05. The van der Waals surface area contributed by atoms with Crippen LogP contribution >= 0.6 is 0 Å². The van der Waals surface area contributed by atoms with Crippen molar-refractivity contribution in [3.05, 3.63) is 53.3 Å². The topological polar surface area (TPSA) is 48.1 Å². The van der Waals surface area contributed by atoms with Crippen molar-refractivity contribution >= 4 is 5.69 Å². The lowest BCUT2D eigenvalue weighted by Gasteiger charge is -2.12. The third kappa shape index (κ3) is 2.56. The Labute approximate surface area is 101 Å². The molecule has 0 aliphatic carbocycles. The molecule has 0 spiro atoms. The van der Waals surface area contributed by atoms with Crippen molar-refractivity contribution in [2.45, 2.75) is 20.5 Å². The van der Waals surface area contributed by atoms with Gasteiger partial charge in [0.1, 0.15) is 12.4 Å². The number of nitrogens with zero attached hydrogens (tertiary/aromatic N) is 1. The number of hydrogen-bond donors (Lipinski definition) is 1. The quantitative estimate of drug-likeness (QED) is 0.822. The Morgan fingerprint density at radius 3 is 2.59 bits per heavy atom. The van der Waals surface area contributed by atoms with Crippen LogP contribution < -0.4 is 10.5 Å². The normalized spacial score (nSPS) is 10.2. The molecule has 88 valence electrons. The van der Waals surface area contributed by atoms with Crippen LogP contribution in [0.1, 0.15) is 16.8 Å². The van der Waals surface area contributed by atoms with Crippen LogP contribution in [-0.2, 0) is 6.61 Å². The van der Waals surface area contributed by atoms with E-state index in [-0.39, 0.29) is 0 Å². The van der Waals surface area contributed by atoms with E-state index in [4.69, 9.17) is 10.5 Å². The minimum Gasteiger partial charge on any atom is -0.485 e. The first-order valence-electron chi connectivity index (χ1n) is 5.57. The van der Waals surface area contributed by atoms with Gasteiger partial charge in [0.05, 0.1) is 11.4 Å². The highest BCUT2D eigenvalue weighted by Crippen LogP contribution is 2.26. The Bertz CT molecular complexity index is 503. The summed E-state index contributed by atoms with van der Waals surface area (Å²) in [5, 5.41) is 0.